The summed E-state index contributed by atoms with van der Waals surface area (Å²) < 4.78 is 5.55. The Bertz CT molecular complexity index is 1450. The first-order chi connectivity index (χ1) is 20.7. The highest BCUT2D eigenvalue weighted by molar-refractivity contribution is 6.05. The maximum absolute atomic E-state index is 13.4. The highest BCUT2D eigenvalue weighted by Gasteiger charge is 2.24. The summed E-state index contributed by atoms with van der Waals surface area (Å²) in [6.45, 7) is 4.33. The molecule has 0 radical (unpaired) electrons. The monoisotopic (exact) mass is 586 g/mol. The minimum absolute atomic E-state index is 0.0181. The Kier molecular flexibility index (Phi) is 10.7. The van der Waals surface area contributed by atoms with Crippen LogP contribution in [0.1, 0.15) is 22.3 Å². The van der Waals surface area contributed by atoms with Gasteiger partial charge in [0.05, 0.1) is 23.3 Å². The minimum Gasteiger partial charge on any atom is -0.495 e. The van der Waals surface area contributed by atoms with Crippen molar-refractivity contribution in [2.75, 3.05) is 75.6 Å². The van der Waals surface area contributed by atoms with Crippen LogP contribution in [0.2, 0.25) is 0 Å². The molecule has 1 fully saturated rings. The van der Waals surface area contributed by atoms with Gasteiger partial charge in [0, 0.05) is 62.3 Å². The Morgan fingerprint density at radius 1 is 0.977 bits per heavy atom. The van der Waals surface area contributed by atoms with Crippen molar-refractivity contribution in [1.29, 1.82) is 0 Å². The van der Waals surface area contributed by atoms with Gasteiger partial charge in [0.25, 0.3) is 11.6 Å². The van der Waals surface area contributed by atoms with Crippen LogP contribution in [0.3, 0.4) is 0 Å². The van der Waals surface area contributed by atoms with Crippen LogP contribution in [-0.2, 0) is 4.79 Å². The lowest BCUT2D eigenvalue weighted by molar-refractivity contribution is -0.384. The molecule has 11 heteroatoms. The molecule has 0 spiro atoms. The van der Waals surface area contributed by atoms with E-state index in [1.165, 1.54) is 18.2 Å². The number of methoxy groups -OCH3 is 1. The Morgan fingerprint density at radius 3 is 2.30 bits per heavy atom. The SMILES string of the molecule is COc1ccccc1N1CCN(c2ccc(NC(=O)/C=C/c3ccc([N+](=O)[O-])cc3)cc2C(=O)NCCCN(C)C)CC1. The number of ether oxygens (including phenoxy) is 1. The molecule has 43 heavy (non-hydrogen) atoms. The van der Waals surface area contributed by atoms with Crippen molar-refractivity contribution in [3.8, 4) is 5.75 Å². The third kappa shape index (κ3) is 8.55. The predicted octanol–water partition coefficient (Wildman–Crippen LogP) is 4.26. The van der Waals surface area contributed by atoms with Crippen molar-refractivity contribution in [3.05, 3.63) is 94.0 Å². The molecule has 1 heterocycles. The average molecular weight is 587 g/mol. The van der Waals surface area contributed by atoms with E-state index < -0.39 is 4.92 Å². The first-order valence-electron chi connectivity index (χ1n) is 14.2. The van der Waals surface area contributed by atoms with Crippen LogP contribution in [-0.4, -0.2) is 82.1 Å². The predicted molar refractivity (Wildman–Crippen MR) is 170 cm³/mol. The molecule has 0 saturated carbocycles. The number of non-ortho nitro benzene ring substituents is 1. The van der Waals surface area contributed by atoms with Gasteiger partial charge in [-0.3, -0.25) is 19.7 Å². The van der Waals surface area contributed by atoms with E-state index in [2.05, 4.69) is 31.4 Å². The van der Waals surface area contributed by atoms with Crippen LogP contribution in [0, 0.1) is 10.1 Å². The maximum Gasteiger partial charge on any atom is 0.269 e. The van der Waals surface area contributed by atoms with E-state index in [0.29, 0.717) is 36.4 Å². The lowest BCUT2D eigenvalue weighted by Gasteiger charge is -2.38. The van der Waals surface area contributed by atoms with Crippen LogP contribution < -0.4 is 25.2 Å². The first-order valence-corrected chi connectivity index (χ1v) is 14.2. The van der Waals surface area contributed by atoms with Gasteiger partial charge in [-0.15, -0.1) is 0 Å². The molecule has 0 unspecified atom stereocenters. The summed E-state index contributed by atoms with van der Waals surface area (Å²) in [7, 11) is 5.66. The Morgan fingerprint density at radius 2 is 1.65 bits per heavy atom. The van der Waals surface area contributed by atoms with Crippen LogP contribution in [0.15, 0.2) is 72.8 Å². The molecular weight excluding hydrogens is 548 g/mol. The smallest absolute Gasteiger partial charge is 0.269 e. The number of nitro groups is 1. The molecule has 0 aliphatic carbocycles. The van der Waals surface area contributed by atoms with Crippen molar-refractivity contribution in [2.45, 2.75) is 6.42 Å². The van der Waals surface area contributed by atoms with Gasteiger partial charge in [0.1, 0.15) is 5.75 Å². The molecule has 0 atom stereocenters. The van der Waals surface area contributed by atoms with Crippen molar-refractivity contribution >= 4 is 40.6 Å². The molecule has 1 aliphatic rings. The zero-order valence-electron chi connectivity index (χ0n) is 24.8. The summed E-state index contributed by atoms with van der Waals surface area (Å²) in [6, 6.07) is 19.2. The second-order valence-corrected chi connectivity index (χ2v) is 10.5. The molecule has 1 saturated heterocycles. The summed E-state index contributed by atoms with van der Waals surface area (Å²) in [5.74, 6) is 0.253. The molecular formula is C32H38N6O5. The second kappa shape index (κ2) is 14.8. The molecule has 11 nitrogen and oxygen atoms in total. The largest absolute Gasteiger partial charge is 0.495 e. The fourth-order valence-corrected chi connectivity index (χ4v) is 4.91. The Labute approximate surface area is 251 Å². The third-order valence-electron chi connectivity index (χ3n) is 7.15. The number of piperazine rings is 1. The molecule has 0 aromatic heterocycles. The van der Waals surface area contributed by atoms with Crippen LogP contribution in [0.5, 0.6) is 5.75 Å². The molecule has 226 valence electrons. The summed E-state index contributed by atoms with van der Waals surface area (Å²) in [6.07, 6.45) is 3.75. The van der Waals surface area contributed by atoms with Gasteiger partial charge in [-0.25, -0.2) is 0 Å². The van der Waals surface area contributed by atoms with Gasteiger partial charge in [0.15, 0.2) is 0 Å². The van der Waals surface area contributed by atoms with Crippen molar-refractivity contribution in [1.82, 2.24) is 10.2 Å². The van der Waals surface area contributed by atoms with E-state index in [1.54, 1.807) is 37.5 Å². The maximum atomic E-state index is 13.4. The quantitative estimate of drug-likeness (QED) is 0.140. The Hall–Kier alpha value is -4.90. The van der Waals surface area contributed by atoms with E-state index >= 15 is 0 Å². The number of benzene rings is 3. The van der Waals surface area contributed by atoms with Crippen LogP contribution >= 0.6 is 0 Å². The second-order valence-electron chi connectivity index (χ2n) is 10.5. The summed E-state index contributed by atoms with van der Waals surface area (Å²) in [5, 5.41) is 16.7. The van der Waals surface area contributed by atoms with E-state index in [0.717, 1.165) is 43.2 Å². The number of nitro benzene ring substituents is 1. The molecule has 3 aromatic carbocycles. The lowest BCUT2D eigenvalue weighted by atomic mass is 10.1. The molecule has 1 aliphatic heterocycles. The number of anilines is 3. The van der Waals surface area contributed by atoms with Gasteiger partial charge < -0.3 is 30.1 Å². The number of carbonyl (C=O) groups is 2. The highest BCUT2D eigenvalue weighted by atomic mass is 16.6. The number of para-hydroxylation sites is 2. The number of hydrogen-bond donors (Lipinski definition) is 2. The van der Waals surface area contributed by atoms with E-state index in [1.807, 2.05) is 38.4 Å². The first kappa shape index (κ1) is 31.0. The summed E-state index contributed by atoms with van der Waals surface area (Å²) >= 11 is 0. The average Bonchev–Trinajstić information content (AvgIpc) is 3.02. The molecule has 4 rings (SSSR count). The number of amides is 2. The number of carbonyl (C=O) groups excluding carboxylic acids is 2. The lowest BCUT2D eigenvalue weighted by Crippen LogP contribution is -2.47. The summed E-state index contributed by atoms with van der Waals surface area (Å²) in [4.78, 5) is 43.0. The fraction of sp³-hybridized carbons (Fsp3) is 0.312. The number of rotatable bonds is 12. The normalized spacial score (nSPS) is 13.3. The standard InChI is InChI=1S/C32H38N6O5/c1-35(2)18-6-17-33-32(40)27-23-25(34-31(39)16-11-24-9-13-26(14-10-24)38(41)42)12-15-28(27)36-19-21-37(22-20-36)29-7-4-5-8-30(29)43-3/h4-5,7-16,23H,6,17-22H2,1-3H3,(H,33,40)(H,34,39)/b16-11+. The fourth-order valence-electron chi connectivity index (χ4n) is 4.91. The Balaban J connectivity index is 1.48. The topological polar surface area (TPSA) is 120 Å². The summed E-state index contributed by atoms with van der Waals surface area (Å²) in [5.41, 5.74) is 3.48. The highest BCUT2D eigenvalue weighted by Crippen LogP contribution is 2.31. The molecule has 0 bridgehead atoms. The molecule has 2 N–H and O–H groups in total. The zero-order chi connectivity index (χ0) is 30.8. The van der Waals surface area contributed by atoms with Gasteiger partial charge in [-0.05, 0) is 81.2 Å². The zero-order valence-corrected chi connectivity index (χ0v) is 24.8. The van der Waals surface area contributed by atoms with Gasteiger partial charge >= 0.3 is 0 Å². The minimum atomic E-state index is -0.472. The van der Waals surface area contributed by atoms with E-state index in [-0.39, 0.29) is 17.5 Å². The number of nitrogens with zero attached hydrogens (tertiary/aromatic N) is 4. The van der Waals surface area contributed by atoms with E-state index in [9.17, 15) is 19.7 Å². The van der Waals surface area contributed by atoms with Gasteiger partial charge in [-0.2, -0.15) is 0 Å². The number of nitrogens with one attached hydrogen (secondary N) is 2. The van der Waals surface area contributed by atoms with Gasteiger partial charge in [0.2, 0.25) is 5.91 Å². The van der Waals surface area contributed by atoms with Gasteiger partial charge in [-0.1, -0.05) is 12.1 Å². The van der Waals surface area contributed by atoms with Crippen LogP contribution in [0.25, 0.3) is 6.08 Å². The third-order valence-corrected chi connectivity index (χ3v) is 7.15. The number of hydrogen-bond acceptors (Lipinski definition) is 8. The van der Waals surface area contributed by atoms with Crippen LogP contribution in [0.4, 0.5) is 22.7 Å². The van der Waals surface area contributed by atoms with Crippen molar-refractivity contribution < 1.29 is 19.2 Å². The van der Waals surface area contributed by atoms with Crippen molar-refractivity contribution in [3.63, 3.8) is 0 Å². The molecule has 2 amide bonds. The van der Waals surface area contributed by atoms with Crippen molar-refractivity contribution in [2.24, 2.45) is 0 Å². The van der Waals surface area contributed by atoms with E-state index in [4.69, 9.17) is 4.74 Å². The molecule has 3 aromatic rings.